The summed E-state index contributed by atoms with van der Waals surface area (Å²) in [5, 5.41) is 2.99. The van der Waals surface area contributed by atoms with Crippen molar-refractivity contribution in [3.8, 4) is 5.75 Å². The van der Waals surface area contributed by atoms with Crippen molar-refractivity contribution in [2.45, 2.75) is 18.2 Å². The van der Waals surface area contributed by atoms with Crippen LogP contribution in [0.1, 0.15) is 12.0 Å². The van der Waals surface area contributed by atoms with E-state index in [0.717, 1.165) is 5.56 Å². The Morgan fingerprint density at radius 2 is 1.91 bits per heavy atom. The third-order valence-electron chi connectivity index (χ3n) is 5.08. The molecular weight excluding hydrogens is 477 g/mol. The van der Waals surface area contributed by atoms with Gasteiger partial charge in [-0.25, -0.2) is 9.38 Å². The Kier molecular flexibility index (Phi) is 7.49. The Hall–Kier alpha value is -3.36. The van der Waals surface area contributed by atoms with Crippen LogP contribution >= 0.6 is 23.4 Å². The lowest BCUT2D eigenvalue weighted by Gasteiger charge is -2.32. The molecule has 6 nitrogen and oxygen atoms in total. The number of nitrogens with one attached hydrogen (secondary N) is 1. The van der Waals surface area contributed by atoms with Crippen LogP contribution in [0.5, 0.6) is 5.75 Å². The van der Waals surface area contributed by atoms with Gasteiger partial charge in [-0.1, -0.05) is 41.6 Å². The molecule has 3 aromatic carbocycles. The molecule has 4 rings (SSSR count). The number of anilines is 1. The number of carbonyl (C=O) groups excluding carboxylic acids is 2. The molecule has 1 aliphatic heterocycles. The second-order valence-electron chi connectivity index (χ2n) is 7.51. The Morgan fingerprint density at radius 3 is 2.59 bits per heavy atom. The summed E-state index contributed by atoms with van der Waals surface area (Å²) in [4.78, 5) is 32.2. The van der Waals surface area contributed by atoms with Crippen molar-refractivity contribution in [2.75, 3.05) is 12.4 Å². The molecule has 1 fully saturated rings. The van der Waals surface area contributed by atoms with Gasteiger partial charge in [0.2, 0.25) is 11.8 Å². The van der Waals surface area contributed by atoms with Crippen molar-refractivity contribution in [1.29, 1.82) is 0 Å². The fourth-order valence-corrected chi connectivity index (χ4v) is 4.61. The number of benzene rings is 3. The van der Waals surface area contributed by atoms with E-state index in [-0.39, 0.29) is 30.6 Å². The monoisotopic (exact) mass is 497 g/mol. The van der Waals surface area contributed by atoms with Crippen LogP contribution in [-0.4, -0.2) is 34.2 Å². The maximum atomic E-state index is 13.4. The molecule has 1 aliphatic rings. The first-order valence-electron chi connectivity index (χ1n) is 10.4. The Bertz CT molecular complexity index is 1220. The summed E-state index contributed by atoms with van der Waals surface area (Å²) in [5.41, 5.74) is 1.90. The lowest BCUT2D eigenvalue weighted by atomic mass is 10.2. The van der Waals surface area contributed by atoms with Crippen LogP contribution < -0.4 is 10.1 Å². The lowest BCUT2D eigenvalue weighted by molar-refractivity contribution is -0.129. The predicted molar refractivity (Wildman–Crippen MR) is 133 cm³/mol. The van der Waals surface area contributed by atoms with Gasteiger partial charge in [0.15, 0.2) is 5.17 Å². The standard InChI is InChI=1S/C25H21ClFN3O3S/c1-33-21-11-5-16(6-12-21)15-30-23(31)14-22(24(32)28-20-4-2-3-17(26)13-20)34-25(30)29-19-9-7-18(27)8-10-19/h2-13,22H,14-15H2,1H3,(H,28,32). The van der Waals surface area contributed by atoms with Crippen LogP contribution in [0.2, 0.25) is 5.02 Å². The minimum Gasteiger partial charge on any atom is -0.497 e. The third-order valence-corrected chi connectivity index (χ3v) is 6.50. The summed E-state index contributed by atoms with van der Waals surface area (Å²) in [7, 11) is 1.59. The number of ether oxygens (including phenoxy) is 1. The molecule has 1 heterocycles. The molecule has 0 aromatic heterocycles. The van der Waals surface area contributed by atoms with Crippen LogP contribution in [0.4, 0.5) is 15.8 Å². The second-order valence-corrected chi connectivity index (χ2v) is 9.12. The molecule has 34 heavy (non-hydrogen) atoms. The average Bonchev–Trinajstić information content (AvgIpc) is 2.83. The van der Waals surface area contributed by atoms with Crippen molar-refractivity contribution in [1.82, 2.24) is 4.90 Å². The van der Waals surface area contributed by atoms with Crippen molar-refractivity contribution in [2.24, 2.45) is 4.99 Å². The molecule has 2 amide bonds. The Balaban J connectivity index is 1.59. The number of halogens is 2. The summed E-state index contributed by atoms with van der Waals surface area (Å²) in [5.74, 6) is -0.232. The number of rotatable bonds is 6. The van der Waals surface area contributed by atoms with E-state index in [9.17, 15) is 14.0 Å². The second kappa shape index (κ2) is 10.7. The third kappa shape index (κ3) is 5.95. The first-order chi connectivity index (χ1) is 16.4. The summed E-state index contributed by atoms with van der Waals surface area (Å²) in [6.45, 7) is 0.276. The van der Waals surface area contributed by atoms with Gasteiger partial charge >= 0.3 is 0 Å². The molecule has 0 bridgehead atoms. The number of amidine groups is 1. The topological polar surface area (TPSA) is 71.0 Å². The smallest absolute Gasteiger partial charge is 0.238 e. The van der Waals surface area contributed by atoms with E-state index in [1.807, 2.05) is 24.3 Å². The highest BCUT2D eigenvalue weighted by Gasteiger charge is 2.36. The van der Waals surface area contributed by atoms with Crippen molar-refractivity contribution in [3.63, 3.8) is 0 Å². The summed E-state index contributed by atoms with van der Waals surface area (Å²) < 4.78 is 18.6. The lowest BCUT2D eigenvalue weighted by Crippen LogP contribution is -2.44. The van der Waals surface area contributed by atoms with Gasteiger partial charge in [-0.2, -0.15) is 0 Å². The van der Waals surface area contributed by atoms with Gasteiger partial charge < -0.3 is 10.1 Å². The zero-order valence-electron chi connectivity index (χ0n) is 18.2. The molecule has 3 aromatic rings. The number of carbonyl (C=O) groups is 2. The van der Waals surface area contributed by atoms with Gasteiger partial charge in [-0.15, -0.1) is 0 Å². The number of nitrogens with zero attached hydrogens (tertiary/aromatic N) is 2. The van der Waals surface area contributed by atoms with Crippen molar-refractivity contribution in [3.05, 3.63) is 89.2 Å². The molecule has 0 spiro atoms. The zero-order chi connectivity index (χ0) is 24.1. The molecule has 0 saturated carbocycles. The summed E-state index contributed by atoms with van der Waals surface area (Å²) >= 11 is 7.20. The van der Waals surface area contributed by atoms with Gasteiger partial charge in [0.25, 0.3) is 0 Å². The first-order valence-corrected chi connectivity index (χ1v) is 11.7. The molecule has 1 N–H and O–H groups in total. The van der Waals surface area contributed by atoms with Crippen molar-refractivity contribution < 1.29 is 18.7 Å². The highest BCUT2D eigenvalue weighted by molar-refractivity contribution is 8.15. The van der Waals surface area contributed by atoms with E-state index < -0.39 is 5.25 Å². The zero-order valence-corrected chi connectivity index (χ0v) is 19.8. The Labute approximate surface area is 205 Å². The molecule has 0 aliphatic carbocycles. The van der Waals surface area contributed by atoms with Gasteiger partial charge in [-0.05, 0) is 60.2 Å². The maximum Gasteiger partial charge on any atom is 0.238 e. The normalized spacial score (nSPS) is 17.0. The number of aliphatic imine (C=N–C) groups is 1. The summed E-state index contributed by atoms with van der Waals surface area (Å²) in [6.07, 6.45) is 0.00958. The van der Waals surface area contributed by atoms with E-state index >= 15 is 0 Å². The van der Waals surface area contributed by atoms with E-state index in [0.29, 0.717) is 27.3 Å². The number of hydrogen-bond donors (Lipinski definition) is 1. The van der Waals surface area contributed by atoms with E-state index in [1.54, 1.807) is 36.3 Å². The number of hydrogen-bond acceptors (Lipinski definition) is 5. The largest absolute Gasteiger partial charge is 0.497 e. The van der Waals surface area contributed by atoms with Gasteiger partial charge in [-0.3, -0.25) is 14.5 Å². The Morgan fingerprint density at radius 1 is 1.18 bits per heavy atom. The quantitative estimate of drug-likeness (QED) is 0.478. The highest BCUT2D eigenvalue weighted by Crippen LogP contribution is 2.31. The molecule has 0 radical (unpaired) electrons. The minimum absolute atomic E-state index is 0.00958. The highest BCUT2D eigenvalue weighted by atomic mass is 35.5. The fraction of sp³-hybridized carbons (Fsp3) is 0.160. The van der Waals surface area contributed by atoms with E-state index in [2.05, 4.69) is 10.3 Å². The number of methoxy groups -OCH3 is 1. The molecule has 1 saturated heterocycles. The van der Waals surface area contributed by atoms with Crippen LogP contribution in [0.3, 0.4) is 0 Å². The van der Waals surface area contributed by atoms with Gasteiger partial charge in [0, 0.05) is 17.1 Å². The van der Waals surface area contributed by atoms with E-state index in [4.69, 9.17) is 16.3 Å². The SMILES string of the molecule is COc1ccc(CN2C(=O)CC(C(=O)Nc3cccc(Cl)c3)SC2=Nc2ccc(F)cc2)cc1. The predicted octanol–water partition coefficient (Wildman–Crippen LogP) is 5.65. The van der Waals surface area contributed by atoms with Crippen LogP contribution in [0.25, 0.3) is 0 Å². The molecule has 1 atom stereocenters. The van der Waals surface area contributed by atoms with Crippen LogP contribution in [-0.2, 0) is 16.1 Å². The molecule has 1 unspecified atom stereocenters. The first kappa shape index (κ1) is 23.8. The van der Waals surface area contributed by atoms with Gasteiger partial charge in [0.1, 0.15) is 16.8 Å². The number of amides is 2. The van der Waals surface area contributed by atoms with Crippen LogP contribution in [0, 0.1) is 5.82 Å². The summed E-state index contributed by atoms with van der Waals surface area (Å²) in [6, 6.07) is 19.8. The number of thioether (sulfide) groups is 1. The molecule has 9 heteroatoms. The van der Waals surface area contributed by atoms with E-state index in [1.165, 1.54) is 36.0 Å². The molecule has 174 valence electrons. The van der Waals surface area contributed by atoms with Crippen molar-refractivity contribution >= 4 is 51.7 Å². The maximum absolute atomic E-state index is 13.4. The average molecular weight is 498 g/mol. The van der Waals surface area contributed by atoms with Crippen LogP contribution in [0.15, 0.2) is 77.8 Å². The van der Waals surface area contributed by atoms with Gasteiger partial charge in [0.05, 0.1) is 19.3 Å². The fourth-order valence-electron chi connectivity index (χ4n) is 3.33. The molecular formula is C25H21ClFN3O3S. The minimum atomic E-state index is -0.683.